The molecule has 0 aromatic carbocycles. The lowest BCUT2D eigenvalue weighted by Crippen LogP contribution is -2.47. The number of aromatic nitrogens is 5. The Morgan fingerprint density at radius 2 is 2.12 bits per heavy atom. The molecule has 0 amide bonds. The number of nitrogens with two attached hydrogens (primary N) is 1. The molecule has 8 heteroatoms. The van der Waals surface area contributed by atoms with Gasteiger partial charge in [-0.2, -0.15) is 9.97 Å². The van der Waals surface area contributed by atoms with Gasteiger partial charge in [0.1, 0.15) is 5.52 Å². The maximum atomic E-state index is 12.1. The van der Waals surface area contributed by atoms with Crippen LogP contribution in [0.1, 0.15) is 18.0 Å². The molecule has 3 N–H and O–H groups in total. The van der Waals surface area contributed by atoms with E-state index >= 15 is 0 Å². The van der Waals surface area contributed by atoms with Crippen LogP contribution in [0.2, 0.25) is 0 Å². The van der Waals surface area contributed by atoms with E-state index in [0.29, 0.717) is 17.5 Å². The summed E-state index contributed by atoms with van der Waals surface area (Å²) in [7, 11) is 0. The highest BCUT2D eigenvalue weighted by molar-refractivity contribution is 5.84. The van der Waals surface area contributed by atoms with Gasteiger partial charge < -0.3 is 20.2 Å². The van der Waals surface area contributed by atoms with Crippen molar-refractivity contribution in [3.05, 3.63) is 40.6 Å². The Hall–Kier alpha value is -2.90. The molecule has 2 bridgehead atoms. The van der Waals surface area contributed by atoms with Gasteiger partial charge in [0, 0.05) is 37.3 Å². The zero-order chi connectivity index (χ0) is 16.3. The van der Waals surface area contributed by atoms with Crippen LogP contribution in [-0.4, -0.2) is 37.6 Å². The summed E-state index contributed by atoms with van der Waals surface area (Å²) in [4.78, 5) is 30.3. The molecule has 0 radical (unpaired) electrons. The van der Waals surface area contributed by atoms with Gasteiger partial charge in [0.15, 0.2) is 11.5 Å². The minimum Gasteiger partial charge on any atom is -0.368 e. The van der Waals surface area contributed by atoms with Crippen molar-refractivity contribution in [3.63, 3.8) is 0 Å². The molecule has 24 heavy (non-hydrogen) atoms. The summed E-state index contributed by atoms with van der Waals surface area (Å²) in [6.45, 7) is 2.42. The SMILES string of the molecule is Nc1nc(N2C[C@@H]3C[C@@H](C2)c2cccc(=O)n2C3)c2[nH]cnc2n1. The first-order chi connectivity index (χ1) is 11.7. The van der Waals surface area contributed by atoms with Crippen molar-refractivity contribution in [1.29, 1.82) is 0 Å². The second-order valence-electron chi connectivity index (χ2n) is 6.61. The van der Waals surface area contributed by atoms with Crippen LogP contribution >= 0.6 is 0 Å². The third-order valence-electron chi connectivity index (χ3n) is 5.06. The van der Waals surface area contributed by atoms with Gasteiger partial charge in [-0.25, -0.2) is 4.98 Å². The first-order valence-corrected chi connectivity index (χ1v) is 8.10. The summed E-state index contributed by atoms with van der Waals surface area (Å²) in [6.07, 6.45) is 2.72. The molecule has 0 saturated carbocycles. The zero-order valence-electron chi connectivity index (χ0n) is 13.0. The van der Waals surface area contributed by atoms with Gasteiger partial charge in [-0.1, -0.05) is 6.07 Å². The molecule has 1 fully saturated rings. The predicted octanol–water partition coefficient (Wildman–Crippen LogP) is 0.720. The summed E-state index contributed by atoms with van der Waals surface area (Å²) in [5.41, 5.74) is 8.47. The third-order valence-corrected chi connectivity index (χ3v) is 5.06. The highest BCUT2D eigenvalue weighted by Gasteiger charge is 2.35. The summed E-state index contributed by atoms with van der Waals surface area (Å²) in [6, 6.07) is 5.55. The van der Waals surface area contributed by atoms with Crippen molar-refractivity contribution in [2.75, 3.05) is 23.7 Å². The lowest BCUT2D eigenvalue weighted by Gasteiger charge is -2.43. The molecule has 3 aromatic rings. The van der Waals surface area contributed by atoms with Crippen molar-refractivity contribution in [2.24, 2.45) is 5.92 Å². The summed E-state index contributed by atoms with van der Waals surface area (Å²) >= 11 is 0. The number of hydrogen-bond donors (Lipinski definition) is 2. The van der Waals surface area contributed by atoms with E-state index < -0.39 is 0 Å². The summed E-state index contributed by atoms with van der Waals surface area (Å²) in [5, 5.41) is 0. The van der Waals surface area contributed by atoms with Crippen molar-refractivity contribution >= 4 is 22.9 Å². The summed E-state index contributed by atoms with van der Waals surface area (Å²) in [5.74, 6) is 1.78. The predicted molar refractivity (Wildman–Crippen MR) is 89.9 cm³/mol. The second-order valence-corrected chi connectivity index (χ2v) is 6.61. The van der Waals surface area contributed by atoms with Crippen LogP contribution in [0.15, 0.2) is 29.3 Å². The number of nitrogens with one attached hydrogen (secondary N) is 1. The number of pyridine rings is 1. The Kier molecular flexibility index (Phi) is 2.70. The molecule has 0 aliphatic carbocycles. The molecule has 3 aromatic heterocycles. The number of anilines is 2. The largest absolute Gasteiger partial charge is 0.368 e. The van der Waals surface area contributed by atoms with Crippen molar-refractivity contribution in [1.82, 2.24) is 24.5 Å². The standard InChI is InChI=1S/C16H17N7O/c17-16-20-14-13(18-8-19-14)15(21-16)22-5-9-4-10(7-22)11-2-1-3-12(24)23(11)6-9/h1-3,8-10H,4-7H2,(H3,17,18,19,20,21)/t9-,10-/m0/s1. The van der Waals surface area contributed by atoms with Crippen LogP contribution in [0.25, 0.3) is 11.2 Å². The van der Waals surface area contributed by atoms with Crippen LogP contribution in [0.3, 0.4) is 0 Å². The fourth-order valence-corrected chi connectivity index (χ4v) is 4.13. The Bertz CT molecular complexity index is 991. The van der Waals surface area contributed by atoms with E-state index in [1.165, 1.54) is 0 Å². The minimum atomic E-state index is 0.0953. The van der Waals surface area contributed by atoms with Gasteiger partial charge in [0.2, 0.25) is 5.95 Å². The Morgan fingerprint density at radius 1 is 1.21 bits per heavy atom. The molecule has 2 atom stereocenters. The second kappa shape index (κ2) is 4.80. The van der Waals surface area contributed by atoms with Crippen LogP contribution in [-0.2, 0) is 6.54 Å². The maximum absolute atomic E-state index is 12.1. The molecule has 2 aliphatic rings. The number of rotatable bonds is 1. The lowest BCUT2D eigenvalue weighted by molar-refractivity contribution is 0.281. The van der Waals surface area contributed by atoms with E-state index in [1.54, 1.807) is 12.4 Å². The number of hydrogen-bond acceptors (Lipinski definition) is 6. The zero-order valence-corrected chi connectivity index (χ0v) is 13.0. The number of fused-ring (bicyclic) bond motifs is 5. The van der Waals surface area contributed by atoms with E-state index in [2.05, 4.69) is 30.9 Å². The first-order valence-electron chi connectivity index (χ1n) is 8.10. The van der Waals surface area contributed by atoms with Crippen molar-refractivity contribution in [2.45, 2.75) is 18.9 Å². The molecule has 5 heterocycles. The Labute approximate surface area is 137 Å². The van der Waals surface area contributed by atoms with E-state index in [0.717, 1.165) is 43.1 Å². The molecule has 1 saturated heterocycles. The number of nitrogen functional groups attached to an aromatic ring is 1. The van der Waals surface area contributed by atoms with E-state index in [1.807, 2.05) is 10.6 Å². The van der Waals surface area contributed by atoms with Crippen LogP contribution in [0, 0.1) is 5.92 Å². The Balaban J connectivity index is 1.59. The van der Waals surface area contributed by atoms with Crippen LogP contribution in [0.4, 0.5) is 11.8 Å². The topological polar surface area (TPSA) is 106 Å². The molecular weight excluding hydrogens is 306 g/mol. The maximum Gasteiger partial charge on any atom is 0.250 e. The van der Waals surface area contributed by atoms with Gasteiger partial charge in [0.05, 0.1) is 6.33 Å². The van der Waals surface area contributed by atoms with E-state index in [9.17, 15) is 4.79 Å². The van der Waals surface area contributed by atoms with Crippen LogP contribution < -0.4 is 16.2 Å². The number of aromatic amines is 1. The molecule has 122 valence electrons. The van der Waals surface area contributed by atoms with Crippen LogP contribution in [0.5, 0.6) is 0 Å². The smallest absolute Gasteiger partial charge is 0.250 e. The first kappa shape index (κ1) is 13.5. The van der Waals surface area contributed by atoms with E-state index in [-0.39, 0.29) is 11.5 Å². The van der Waals surface area contributed by atoms with Gasteiger partial charge >= 0.3 is 0 Å². The van der Waals surface area contributed by atoms with E-state index in [4.69, 9.17) is 5.73 Å². The average Bonchev–Trinajstić information content (AvgIpc) is 3.03. The summed E-state index contributed by atoms with van der Waals surface area (Å²) < 4.78 is 1.93. The number of piperidine rings is 1. The number of H-pyrrole nitrogens is 1. The van der Waals surface area contributed by atoms with Crippen molar-refractivity contribution in [3.8, 4) is 0 Å². The number of imidazole rings is 1. The number of nitrogens with zero attached hydrogens (tertiary/aromatic N) is 5. The monoisotopic (exact) mass is 323 g/mol. The fourth-order valence-electron chi connectivity index (χ4n) is 4.13. The molecule has 8 nitrogen and oxygen atoms in total. The van der Waals surface area contributed by atoms with Gasteiger partial charge in [0.25, 0.3) is 5.56 Å². The average molecular weight is 323 g/mol. The molecular formula is C16H17N7O. The van der Waals surface area contributed by atoms with Gasteiger partial charge in [-0.05, 0) is 18.4 Å². The molecule has 5 rings (SSSR count). The normalized spacial score (nSPS) is 22.6. The lowest BCUT2D eigenvalue weighted by atomic mass is 9.83. The molecule has 0 spiro atoms. The third kappa shape index (κ3) is 1.92. The quantitative estimate of drug-likeness (QED) is 0.683. The minimum absolute atomic E-state index is 0.0953. The molecule has 2 aliphatic heterocycles. The highest BCUT2D eigenvalue weighted by atomic mass is 16.1. The van der Waals surface area contributed by atoms with Gasteiger partial charge in [-0.15, -0.1) is 0 Å². The fraction of sp³-hybridized carbons (Fsp3) is 0.375. The Morgan fingerprint density at radius 3 is 3.04 bits per heavy atom. The van der Waals surface area contributed by atoms with Crippen molar-refractivity contribution < 1.29 is 0 Å². The molecule has 0 unspecified atom stereocenters. The highest BCUT2D eigenvalue weighted by Crippen LogP contribution is 2.37. The van der Waals surface area contributed by atoms with Gasteiger partial charge in [-0.3, -0.25) is 4.79 Å².